The second kappa shape index (κ2) is 14.5. The van der Waals surface area contributed by atoms with Gasteiger partial charge >= 0.3 is 11.9 Å². The summed E-state index contributed by atoms with van der Waals surface area (Å²) < 4.78 is 20.5. The molecule has 0 atom stereocenters. The van der Waals surface area contributed by atoms with Crippen molar-refractivity contribution in [3.05, 3.63) is 35.4 Å². The van der Waals surface area contributed by atoms with Crippen molar-refractivity contribution in [2.45, 2.75) is 45.8 Å². The normalized spacial score (nSPS) is 11.2. The molecule has 1 rings (SSSR count). The number of aliphatic carboxylic acids is 1. The zero-order valence-electron chi connectivity index (χ0n) is 18.5. The first-order chi connectivity index (χ1) is 14.7. The van der Waals surface area contributed by atoms with E-state index in [1.54, 1.807) is 0 Å². The number of carboxylic acid groups (broad SMARTS) is 1. The number of rotatable bonds is 15. The van der Waals surface area contributed by atoms with Crippen molar-refractivity contribution in [2.24, 2.45) is 0 Å². The summed E-state index contributed by atoms with van der Waals surface area (Å²) in [4.78, 5) is 33.8. The number of ether oxygens (including phenoxy) is 4. The summed E-state index contributed by atoms with van der Waals surface area (Å²) in [6.45, 7) is 6.46. The van der Waals surface area contributed by atoms with Crippen LogP contribution in [0, 0.1) is 0 Å². The highest BCUT2D eigenvalue weighted by Crippen LogP contribution is 2.11. The predicted octanol–water partition coefficient (Wildman–Crippen LogP) is 1.71. The highest BCUT2D eigenvalue weighted by molar-refractivity contribution is 5.77. The van der Waals surface area contributed by atoms with E-state index < -0.39 is 11.6 Å². The lowest BCUT2D eigenvalue weighted by molar-refractivity contribution is -0.154. The van der Waals surface area contributed by atoms with Gasteiger partial charge in [0, 0.05) is 13.0 Å². The molecule has 31 heavy (non-hydrogen) atoms. The van der Waals surface area contributed by atoms with Crippen molar-refractivity contribution in [2.75, 3.05) is 39.6 Å². The predicted molar refractivity (Wildman–Crippen MR) is 113 cm³/mol. The molecule has 174 valence electrons. The Balaban J connectivity index is 2.11. The fourth-order valence-corrected chi connectivity index (χ4v) is 2.38. The van der Waals surface area contributed by atoms with Crippen molar-refractivity contribution < 1.29 is 38.4 Å². The Morgan fingerprint density at radius 1 is 0.871 bits per heavy atom. The van der Waals surface area contributed by atoms with Crippen molar-refractivity contribution in [3.8, 4) is 0 Å². The quantitative estimate of drug-likeness (QED) is 0.313. The molecule has 0 heterocycles. The van der Waals surface area contributed by atoms with Crippen LogP contribution in [0.2, 0.25) is 0 Å². The fourth-order valence-electron chi connectivity index (χ4n) is 2.38. The van der Waals surface area contributed by atoms with Crippen molar-refractivity contribution in [3.63, 3.8) is 0 Å². The number of nitrogens with one attached hydrogen (secondary N) is 1. The number of benzene rings is 1. The van der Waals surface area contributed by atoms with Gasteiger partial charge in [-0.2, -0.15) is 0 Å². The lowest BCUT2D eigenvalue weighted by atomic mass is 10.1. The first kappa shape index (κ1) is 26.5. The van der Waals surface area contributed by atoms with Crippen LogP contribution < -0.4 is 5.32 Å². The van der Waals surface area contributed by atoms with Gasteiger partial charge in [0.05, 0.1) is 26.4 Å². The third-order valence-corrected chi connectivity index (χ3v) is 3.75. The van der Waals surface area contributed by atoms with E-state index in [9.17, 15) is 14.4 Å². The lowest BCUT2D eigenvalue weighted by Gasteiger charge is -2.19. The van der Waals surface area contributed by atoms with Gasteiger partial charge in [-0.3, -0.25) is 9.59 Å². The Kier molecular flexibility index (Phi) is 12.4. The number of hydrogen-bond donors (Lipinski definition) is 2. The van der Waals surface area contributed by atoms with E-state index >= 15 is 0 Å². The minimum absolute atomic E-state index is 0.0765. The number of aryl methyl sites for hydroxylation is 1. The average Bonchev–Trinajstić information content (AvgIpc) is 2.68. The Morgan fingerprint density at radius 3 is 2.00 bits per heavy atom. The number of amides is 1. The Labute approximate surface area is 183 Å². The molecule has 0 unspecified atom stereocenters. The first-order valence-electron chi connectivity index (χ1n) is 10.2. The molecule has 0 fully saturated rings. The molecule has 1 aromatic carbocycles. The molecule has 0 bridgehead atoms. The maximum atomic E-state index is 11.8. The molecule has 0 saturated carbocycles. The van der Waals surface area contributed by atoms with Crippen LogP contribution >= 0.6 is 0 Å². The molecule has 9 nitrogen and oxygen atoms in total. The van der Waals surface area contributed by atoms with Crippen LogP contribution in [-0.4, -0.2) is 68.2 Å². The number of carbonyl (C=O) groups excluding carboxylic acids is 2. The topological polar surface area (TPSA) is 120 Å². The largest absolute Gasteiger partial charge is 0.480 e. The standard InChI is InChI=1S/C22H33NO8/c1-22(2,3)31-21(27)9-8-17-4-6-18(7-5-17)14-23-19(24)15-29-12-10-28-11-13-30-16-20(25)26/h4-7H,8-16H2,1-3H3,(H,23,24)(H,25,26). The summed E-state index contributed by atoms with van der Waals surface area (Å²) in [6, 6.07) is 7.68. The summed E-state index contributed by atoms with van der Waals surface area (Å²) in [7, 11) is 0. The second-order valence-electron chi connectivity index (χ2n) is 7.79. The van der Waals surface area contributed by atoms with Crippen LogP contribution in [0.1, 0.15) is 38.3 Å². The number of esters is 1. The molecule has 0 spiro atoms. The number of carboxylic acids is 1. The van der Waals surface area contributed by atoms with Gasteiger partial charge in [0.1, 0.15) is 18.8 Å². The molecule has 1 aromatic rings. The smallest absolute Gasteiger partial charge is 0.329 e. The average molecular weight is 440 g/mol. The lowest BCUT2D eigenvalue weighted by Crippen LogP contribution is -2.27. The summed E-state index contributed by atoms with van der Waals surface area (Å²) in [5.41, 5.74) is 1.49. The molecule has 9 heteroatoms. The maximum Gasteiger partial charge on any atom is 0.329 e. The van der Waals surface area contributed by atoms with Crippen molar-refractivity contribution in [1.29, 1.82) is 0 Å². The van der Waals surface area contributed by atoms with E-state index in [2.05, 4.69) is 5.32 Å². The van der Waals surface area contributed by atoms with Gasteiger partial charge in [0.15, 0.2) is 0 Å². The van der Waals surface area contributed by atoms with Crippen LogP contribution in [0.15, 0.2) is 24.3 Å². The molecule has 0 radical (unpaired) electrons. The SMILES string of the molecule is CC(C)(C)OC(=O)CCc1ccc(CNC(=O)COCCOCCOCC(=O)O)cc1. The molecular formula is C22H33NO8. The van der Waals surface area contributed by atoms with Gasteiger partial charge < -0.3 is 29.4 Å². The molecular weight excluding hydrogens is 406 g/mol. The Hall–Kier alpha value is -2.49. The van der Waals surface area contributed by atoms with Crippen LogP contribution in [0.25, 0.3) is 0 Å². The van der Waals surface area contributed by atoms with Crippen LogP contribution in [0.3, 0.4) is 0 Å². The van der Waals surface area contributed by atoms with Crippen LogP contribution in [-0.2, 0) is 46.3 Å². The molecule has 0 saturated heterocycles. The number of carbonyl (C=O) groups is 3. The van der Waals surface area contributed by atoms with E-state index in [0.717, 1.165) is 11.1 Å². The highest BCUT2D eigenvalue weighted by atomic mass is 16.6. The zero-order chi connectivity index (χ0) is 23.1. The van der Waals surface area contributed by atoms with E-state index in [1.807, 2.05) is 45.0 Å². The van der Waals surface area contributed by atoms with E-state index in [4.69, 9.17) is 24.1 Å². The van der Waals surface area contributed by atoms with Crippen LogP contribution in [0.4, 0.5) is 0 Å². The van der Waals surface area contributed by atoms with Gasteiger partial charge in [-0.15, -0.1) is 0 Å². The summed E-state index contributed by atoms with van der Waals surface area (Å²) in [6.07, 6.45) is 0.924. The minimum Gasteiger partial charge on any atom is -0.480 e. The van der Waals surface area contributed by atoms with E-state index in [1.165, 1.54) is 0 Å². The molecule has 0 aliphatic carbocycles. The molecule has 2 N–H and O–H groups in total. The third-order valence-electron chi connectivity index (χ3n) is 3.75. The zero-order valence-corrected chi connectivity index (χ0v) is 18.5. The molecule has 1 amide bonds. The number of hydrogen-bond acceptors (Lipinski definition) is 7. The van der Waals surface area contributed by atoms with Crippen molar-refractivity contribution in [1.82, 2.24) is 5.32 Å². The Bertz CT molecular complexity index is 682. The first-order valence-corrected chi connectivity index (χ1v) is 10.2. The monoisotopic (exact) mass is 439 g/mol. The molecule has 0 aromatic heterocycles. The van der Waals surface area contributed by atoms with Crippen LogP contribution in [0.5, 0.6) is 0 Å². The third kappa shape index (κ3) is 15.0. The summed E-state index contributed by atoms with van der Waals surface area (Å²) in [5.74, 6) is -1.48. The van der Waals surface area contributed by atoms with E-state index in [0.29, 0.717) is 19.4 Å². The van der Waals surface area contributed by atoms with Gasteiger partial charge in [0.25, 0.3) is 0 Å². The van der Waals surface area contributed by atoms with E-state index in [-0.39, 0.29) is 51.5 Å². The van der Waals surface area contributed by atoms with Gasteiger partial charge in [0.2, 0.25) is 5.91 Å². The van der Waals surface area contributed by atoms with Gasteiger partial charge in [-0.25, -0.2) is 4.79 Å². The van der Waals surface area contributed by atoms with Crippen molar-refractivity contribution >= 4 is 17.8 Å². The Morgan fingerprint density at radius 2 is 1.42 bits per heavy atom. The van der Waals surface area contributed by atoms with Gasteiger partial charge in [-0.05, 0) is 38.3 Å². The fraction of sp³-hybridized carbons (Fsp3) is 0.591. The molecule has 0 aliphatic rings. The summed E-state index contributed by atoms with van der Waals surface area (Å²) >= 11 is 0. The maximum absolute atomic E-state index is 11.8. The van der Waals surface area contributed by atoms with Gasteiger partial charge in [-0.1, -0.05) is 24.3 Å². The second-order valence-corrected chi connectivity index (χ2v) is 7.79. The molecule has 0 aliphatic heterocycles. The highest BCUT2D eigenvalue weighted by Gasteiger charge is 2.15. The minimum atomic E-state index is -1.02. The summed E-state index contributed by atoms with van der Waals surface area (Å²) in [5, 5.41) is 11.2.